The first-order chi connectivity index (χ1) is 8.66. The van der Waals surface area contributed by atoms with Crippen molar-refractivity contribution in [1.29, 1.82) is 0 Å². The van der Waals surface area contributed by atoms with Crippen LogP contribution in [0.1, 0.15) is 32.6 Å². The molecule has 0 spiro atoms. The van der Waals surface area contributed by atoms with Gasteiger partial charge in [-0.05, 0) is 30.9 Å². The van der Waals surface area contributed by atoms with Crippen LogP contribution in [0.5, 0.6) is 5.75 Å². The number of hydrogen-bond acceptors (Lipinski definition) is 2. The molecule has 3 N–H and O–H groups in total. The summed E-state index contributed by atoms with van der Waals surface area (Å²) >= 11 is 0. The molecule has 2 amide bonds. The number of phenolic OH excluding ortho intramolecular Hbond substituents is 1. The molecule has 4 nitrogen and oxygen atoms in total. The fourth-order valence-electron chi connectivity index (χ4n) is 2.44. The number of benzene rings is 1. The van der Waals surface area contributed by atoms with E-state index in [4.69, 9.17) is 0 Å². The van der Waals surface area contributed by atoms with Crippen molar-refractivity contribution in [1.82, 2.24) is 5.32 Å². The van der Waals surface area contributed by atoms with Crippen molar-refractivity contribution in [3.05, 3.63) is 24.3 Å². The van der Waals surface area contributed by atoms with Gasteiger partial charge >= 0.3 is 6.03 Å². The molecular formula is C14H20N2O2. The van der Waals surface area contributed by atoms with E-state index in [0.717, 1.165) is 6.42 Å². The molecule has 2 unspecified atom stereocenters. The van der Waals surface area contributed by atoms with Gasteiger partial charge in [0, 0.05) is 6.04 Å². The van der Waals surface area contributed by atoms with Gasteiger partial charge in [0.2, 0.25) is 0 Å². The van der Waals surface area contributed by atoms with Crippen LogP contribution in [-0.2, 0) is 0 Å². The lowest BCUT2D eigenvalue weighted by molar-refractivity contribution is 0.232. The van der Waals surface area contributed by atoms with Gasteiger partial charge in [0.25, 0.3) is 0 Å². The molecular weight excluding hydrogens is 228 g/mol. The van der Waals surface area contributed by atoms with Crippen LogP contribution in [0.2, 0.25) is 0 Å². The van der Waals surface area contributed by atoms with Crippen LogP contribution < -0.4 is 10.6 Å². The van der Waals surface area contributed by atoms with E-state index in [0.29, 0.717) is 11.6 Å². The summed E-state index contributed by atoms with van der Waals surface area (Å²) < 4.78 is 0. The number of amides is 2. The highest BCUT2D eigenvalue weighted by atomic mass is 16.3. The minimum absolute atomic E-state index is 0.0874. The maximum absolute atomic E-state index is 11.8. The highest BCUT2D eigenvalue weighted by Gasteiger charge is 2.22. The number of phenols is 1. The van der Waals surface area contributed by atoms with Crippen molar-refractivity contribution in [3.8, 4) is 5.75 Å². The largest absolute Gasteiger partial charge is 0.506 e. The standard InChI is InChI=1S/C14H20N2O2/c1-10-6-2-3-7-11(10)15-14(18)16-12-8-4-5-9-13(12)17/h4-5,8-11,17H,2-3,6-7H2,1H3,(H2,15,16,18). The number of carbonyl (C=O) groups is 1. The smallest absolute Gasteiger partial charge is 0.319 e. The second-order valence-corrected chi connectivity index (χ2v) is 4.98. The quantitative estimate of drug-likeness (QED) is 0.704. The van der Waals surface area contributed by atoms with Crippen molar-refractivity contribution in [2.24, 2.45) is 5.92 Å². The summed E-state index contributed by atoms with van der Waals surface area (Å²) in [6.45, 7) is 2.17. The number of anilines is 1. The number of carbonyl (C=O) groups excluding carboxylic acids is 1. The van der Waals surface area contributed by atoms with Crippen molar-refractivity contribution in [2.75, 3.05) is 5.32 Å². The number of aromatic hydroxyl groups is 1. The Morgan fingerprint density at radius 1 is 1.28 bits per heavy atom. The second-order valence-electron chi connectivity index (χ2n) is 4.98. The zero-order chi connectivity index (χ0) is 13.0. The fraction of sp³-hybridized carbons (Fsp3) is 0.500. The summed E-state index contributed by atoms with van der Waals surface area (Å²) in [5.41, 5.74) is 0.443. The number of hydrogen-bond donors (Lipinski definition) is 3. The lowest BCUT2D eigenvalue weighted by Gasteiger charge is -2.29. The third-order valence-electron chi connectivity index (χ3n) is 3.58. The van der Waals surface area contributed by atoms with Gasteiger partial charge in [-0.3, -0.25) is 0 Å². The molecule has 98 valence electrons. The minimum Gasteiger partial charge on any atom is -0.506 e. The van der Waals surface area contributed by atoms with Crippen LogP contribution in [0.3, 0.4) is 0 Å². The summed E-state index contributed by atoms with van der Waals surface area (Å²) in [5, 5.41) is 15.2. The molecule has 1 saturated carbocycles. The Balaban J connectivity index is 1.90. The highest BCUT2D eigenvalue weighted by Crippen LogP contribution is 2.24. The van der Waals surface area contributed by atoms with Crippen LogP contribution in [0, 0.1) is 5.92 Å². The van der Waals surface area contributed by atoms with E-state index >= 15 is 0 Å². The average Bonchev–Trinajstić information content (AvgIpc) is 2.35. The van der Waals surface area contributed by atoms with Gasteiger partial charge in [0.1, 0.15) is 5.75 Å². The molecule has 18 heavy (non-hydrogen) atoms. The van der Waals surface area contributed by atoms with Gasteiger partial charge in [0.15, 0.2) is 0 Å². The first-order valence-electron chi connectivity index (χ1n) is 6.52. The summed E-state index contributed by atoms with van der Waals surface area (Å²) in [7, 11) is 0. The lowest BCUT2D eigenvalue weighted by atomic mass is 9.86. The number of urea groups is 1. The molecule has 0 bridgehead atoms. The molecule has 0 aliphatic heterocycles. The van der Waals surface area contributed by atoms with E-state index in [9.17, 15) is 9.90 Å². The van der Waals surface area contributed by atoms with Crippen molar-refractivity contribution in [2.45, 2.75) is 38.6 Å². The van der Waals surface area contributed by atoms with E-state index in [2.05, 4.69) is 17.6 Å². The second kappa shape index (κ2) is 5.76. The third kappa shape index (κ3) is 3.15. The van der Waals surface area contributed by atoms with Gasteiger partial charge in [-0.15, -0.1) is 0 Å². The lowest BCUT2D eigenvalue weighted by Crippen LogP contribution is -2.43. The van der Waals surface area contributed by atoms with E-state index < -0.39 is 0 Å². The number of rotatable bonds is 2. The molecule has 0 radical (unpaired) electrons. The van der Waals surface area contributed by atoms with E-state index in [1.165, 1.54) is 19.3 Å². The number of nitrogens with one attached hydrogen (secondary N) is 2. The summed E-state index contributed by atoms with van der Waals surface area (Å²) in [6.07, 6.45) is 4.63. The molecule has 2 atom stereocenters. The Kier molecular flexibility index (Phi) is 4.07. The molecule has 4 heteroatoms. The molecule has 1 aliphatic rings. The van der Waals surface area contributed by atoms with Crippen molar-refractivity contribution in [3.63, 3.8) is 0 Å². The predicted octanol–water partition coefficient (Wildman–Crippen LogP) is 3.09. The summed E-state index contributed by atoms with van der Waals surface area (Å²) in [6, 6.07) is 6.73. The zero-order valence-electron chi connectivity index (χ0n) is 10.6. The highest BCUT2D eigenvalue weighted by molar-refractivity contribution is 5.90. The van der Waals surface area contributed by atoms with Crippen molar-refractivity contribution >= 4 is 11.7 Å². The zero-order valence-corrected chi connectivity index (χ0v) is 10.6. The normalized spacial score (nSPS) is 23.4. The molecule has 1 aromatic rings. The van der Waals surface area contributed by atoms with E-state index in [-0.39, 0.29) is 17.8 Å². The molecule has 1 aliphatic carbocycles. The van der Waals surface area contributed by atoms with Crippen molar-refractivity contribution < 1.29 is 9.90 Å². The van der Waals surface area contributed by atoms with Crippen LogP contribution >= 0.6 is 0 Å². The predicted molar refractivity (Wildman–Crippen MR) is 71.7 cm³/mol. The Labute approximate surface area is 107 Å². The van der Waals surface area contributed by atoms with Crippen LogP contribution in [0.15, 0.2) is 24.3 Å². The fourth-order valence-corrected chi connectivity index (χ4v) is 2.44. The molecule has 2 rings (SSSR count). The van der Waals surface area contributed by atoms with Crippen LogP contribution in [0.4, 0.5) is 10.5 Å². The van der Waals surface area contributed by atoms with Gasteiger partial charge < -0.3 is 15.7 Å². The third-order valence-corrected chi connectivity index (χ3v) is 3.58. The van der Waals surface area contributed by atoms with Gasteiger partial charge in [-0.2, -0.15) is 0 Å². The molecule has 0 aromatic heterocycles. The first-order valence-corrected chi connectivity index (χ1v) is 6.52. The topological polar surface area (TPSA) is 61.4 Å². The van der Waals surface area contributed by atoms with Gasteiger partial charge in [-0.25, -0.2) is 4.79 Å². The Hall–Kier alpha value is -1.71. The minimum atomic E-state index is -0.241. The van der Waals surface area contributed by atoms with Crippen LogP contribution in [-0.4, -0.2) is 17.2 Å². The molecule has 1 fully saturated rings. The maximum atomic E-state index is 11.8. The SMILES string of the molecule is CC1CCCCC1NC(=O)Nc1ccccc1O. The maximum Gasteiger partial charge on any atom is 0.319 e. The van der Waals surface area contributed by atoms with E-state index in [1.54, 1.807) is 24.3 Å². The van der Waals surface area contributed by atoms with E-state index in [1.807, 2.05) is 0 Å². The van der Waals surface area contributed by atoms with Gasteiger partial charge in [0.05, 0.1) is 5.69 Å². The molecule has 0 saturated heterocycles. The molecule has 1 aromatic carbocycles. The first kappa shape index (κ1) is 12.7. The average molecular weight is 248 g/mol. The Morgan fingerprint density at radius 3 is 2.72 bits per heavy atom. The van der Waals surface area contributed by atoms with Gasteiger partial charge in [-0.1, -0.05) is 31.9 Å². The molecule has 0 heterocycles. The Bertz CT molecular complexity index is 420. The monoisotopic (exact) mass is 248 g/mol. The summed E-state index contributed by atoms with van der Waals surface area (Å²) in [4.78, 5) is 11.8. The Morgan fingerprint density at radius 2 is 2.00 bits per heavy atom. The van der Waals surface area contributed by atoms with Crippen LogP contribution in [0.25, 0.3) is 0 Å². The number of para-hydroxylation sites is 2. The summed E-state index contributed by atoms with van der Waals surface area (Å²) in [5.74, 6) is 0.609.